The molecule has 0 atom stereocenters. The largest absolute Gasteiger partial charge is 0.493 e. The molecule has 1 heterocycles. The Morgan fingerprint density at radius 2 is 1.75 bits per heavy atom. The predicted molar refractivity (Wildman–Crippen MR) is 76.2 cm³/mol. The number of nitrogens with zero attached hydrogens (tertiary/aromatic N) is 3. The summed E-state index contributed by atoms with van der Waals surface area (Å²) in [6.45, 7) is 4.38. The van der Waals surface area contributed by atoms with E-state index in [9.17, 15) is 0 Å². The quantitative estimate of drug-likeness (QED) is 0.900. The second-order valence-electron chi connectivity index (χ2n) is 4.35. The van der Waals surface area contributed by atoms with Crippen LogP contribution < -0.4 is 14.8 Å². The summed E-state index contributed by atoms with van der Waals surface area (Å²) in [5.74, 6) is 1.93. The van der Waals surface area contributed by atoms with Gasteiger partial charge in [-0.25, -0.2) is 4.98 Å². The van der Waals surface area contributed by atoms with E-state index in [-0.39, 0.29) is 0 Å². The lowest BCUT2D eigenvalue weighted by molar-refractivity contribution is 0.354. The van der Waals surface area contributed by atoms with Gasteiger partial charge in [-0.3, -0.25) is 0 Å². The van der Waals surface area contributed by atoms with E-state index in [1.54, 1.807) is 14.2 Å². The molecule has 6 heteroatoms. The Balaban J connectivity index is 2.08. The van der Waals surface area contributed by atoms with Crippen molar-refractivity contribution in [3.05, 3.63) is 35.2 Å². The van der Waals surface area contributed by atoms with Crippen molar-refractivity contribution in [1.29, 1.82) is 0 Å². The van der Waals surface area contributed by atoms with Gasteiger partial charge in [0.15, 0.2) is 11.5 Å². The molecule has 0 unspecified atom stereocenters. The Bertz CT molecular complexity index is 602. The number of ether oxygens (including phenoxy) is 2. The first-order valence-corrected chi connectivity index (χ1v) is 6.26. The van der Waals surface area contributed by atoms with Gasteiger partial charge < -0.3 is 14.8 Å². The van der Waals surface area contributed by atoms with Crippen molar-refractivity contribution in [2.45, 2.75) is 20.4 Å². The minimum Gasteiger partial charge on any atom is -0.493 e. The van der Waals surface area contributed by atoms with Crippen LogP contribution in [0.25, 0.3) is 0 Å². The molecule has 6 nitrogen and oxygen atoms in total. The van der Waals surface area contributed by atoms with Gasteiger partial charge in [-0.05, 0) is 31.5 Å². The number of aryl methyl sites for hydroxylation is 2. The fourth-order valence-corrected chi connectivity index (χ4v) is 1.70. The second kappa shape index (κ2) is 6.18. The molecule has 0 bridgehead atoms. The Kier molecular flexibility index (Phi) is 4.34. The van der Waals surface area contributed by atoms with Gasteiger partial charge in [-0.15, -0.1) is 5.10 Å². The SMILES string of the molecule is COc1ccc(CNc2nnc(C)c(C)n2)cc1OC. The van der Waals surface area contributed by atoms with Gasteiger partial charge in [0, 0.05) is 6.54 Å². The smallest absolute Gasteiger partial charge is 0.243 e. The van der Waals surface area contributed by atoms with E-state index in [0.29, 0.717) is 24.0 Å². The molecular weight excluding hydrogens is 256 g/mol. The zero-order valence-corrected chi connectivity index (χ0v) is 12.1. The summed E-state index contributed by atoms with van der Waals surface area (Å²) in [6.07, 6.45) is 0. The van der Waals surface area contributed by atoms with Crippen LogP contribution >= 0.6 is 0 Å². The highest BCUT2D eigenvalue weighted by molar-refractivity contribution is 5.43. The molecule has 0 spiro atoms. The van der Waals surface area contributed by atoms with Crippen molar-refractivity contribution in [2.75, 3.05) is 19.5 Å². The lowest BCUT2D eigenvalue weighted by Crippen LogP contribution is -2.07. The number of aromatic nitrogens is 3. The van der Waals surface area contributed by atoms with E-state index in [1.807, 2.05) is 32.0 Å². The third-order valence-electron chi connectivity index (χ3n) is 2.99. The highest BCUT2D eigenvalue weighted by Crippen LogP contribution is 2.27. The summed E-state index contributed by atoms with van der Waals surface area (Å²) in [5, 5.41) is 11.2. The third-order valence-corrected chi connectivity index (χ3v) is 2.99. The molecule has 0 fully saturated rings. The van der Waals surface area contributed by atoms with Crippen LogP contribution in [0.1, 0.15) is 17.0 Å². The lowest BCUT2D eigenvalue weighted by Gasteiger charge is -2.10. The third kappa shape index (κ3) is 3.14. The number of benzene rings is 1. The maximum Gasteiger partial charge on any atom is 0.243 e. The average Bonchev–Trinajstić information content (AvgIpc) is 2.48. The number of methoxy groups -OCH3 is 2. The van der Waals surface area contributed by atoms with Crippen LogP contribution in [0, 0.1) is 13.8 Å². The van der Waals surface area contributed by atoms with Crippen molar-refractivity contribution < 1.29 is 9.47 Å². The van der Waals surface area contributed by atoms with E-state index in [4.69, 9.17) is 9.47 Å². The van der Waals surface area contributed by atoms with Gasteiger partial charge in [0.05, 0.1) is 25.6 Å². The summed E-state index contributed by atoms with van der Waals surface area (Å²) in [6, 6.07) is 5.75. The molecule has 1 N–H and O–H groups in total. The van der Waals surface area contributed by atoms with Crippen LogP contribution in [-0.2, 0) is 6.54 Å². The molecule has 2 aromatic rings. The first kappa shape index (κ1) is 14.0. The monoisotopic (exact) mass is 274 g/mol. The zero-order valence-electron chi connectivity index (χ0n) is 12.1. The van der Waals surface area contributed by atoms with Crippen LogP contribution in [0.3, 0.4) is 0 Å². The average molecular weight is 274 g/mol. The van der Waals surface area contributed by atoms with Crippen LogP contribution in [0.4, 0.5) is 5.95 Å². The van der Waals surface area contributed by atoms with Crippen molar-refractivity contribution in [2.24, 2.45) is 0 Å². The molecule has 0 radical (unpaired) electrons. The van der Waals surface area contributed by atoms with E-state index >= 15 is 0 Å². The molecule has 0 amide bonds. The number of rotatable bonds is 5. The molecule has 1 aromatic carbocycles. The number of anilines is 1. The summed E-state index contributed by atoms with van der Waals surface area (Å²) < 4.78 is 10.5. The molecule has 0 saturated carbocycles. The molecule has 0 aliphatic carbocycles. The molecule has 0 aliphatic rings. The molecule has 106 valence electrons. The first-order valence-electron chi connectivity index (χ1n) is 6.26. The van der Waals surface area contributed by atoms with Crippen LogP contribution in [0.2, 0.25) is 0 Å². The predicted octanol–water partition coefficient (Wildman–Crippen LogP) is 2.12. The standard InChI is InChI=1S/C14H18N4O2/c1-9-10(2)17-18-14(16-9)15-8-11-5-6-12(19-3)13(7-11)20-4/h5-7H,8H2,1-4H3,(H,15,16,18). The number of nitrogens with one attached hydrogen (secondary N) is 1. The van der Waals surface area contributed by atoms with Crippen molar-refractivity contribution in [1.82, 2.24) is 15.2 Å². The number of hydrogen-bond donors (Lipinski definition) is 1. The van der Waals surface area contributed by atoms with Crippen molar-refractivity contribution in [3.8, 4) is 11.5 Å². The second-order valence-corrected chi connectivity index (χ2v) is 4.35. The summed E-state index contributed by atoms with van der Waals surface area (Å²) in [5.41, 5.74) is 2.75. The molecule has 0 aliphatic heterocycles. The van der Waals surface area contributed by atoms with Crippen LogP contribution in [-0.4, -0.2) is 29.4 Å². The van der Waals surface area contributed by atoms with E-state index in [2.05, 4.69) is 20.5 Å². The van der Waals surface area contributed by atoms with Gasteiger partial charge in [0.25, 0.3) is 0 Å². The minimum atomic E-state index is 0.517. The fourth-order valence-electron chi connectivity index (χ4n) is 1.70. The highest BCUT2D eigenvalue weighted by atomic mass is 16.5. The van der Waals surface area contributed by atoms with E-state index < -0.39 is 0 Å². The molecular formula is C14H18N4O2. The van der Waals surface area contributed by atoms with Crippen LogP contribution in [0.15, 0.2) is 18.2 Å². The Morgan fingerprint density at radius 1 is 1.00 bits per heavy atom. The van der Waals surface area contributed by atoms with Gasteiger partial charge in [-0.2, -0.15) is 5.10 Å². The van der Waals surface area contributed by atoms with Crippen LogP contribution in [0.5, 0.6) is 11.5 Å². The summed E-state index contributed by atoms with van der Waals surface area (Å²) in [4.78, 5) is 4.32. The van der Waals surface area contributed by atoms with E-state index in [1.165, 1.54) is 0 Å². The normalized spacial score (nSPS) is 10.2. The lowest BCUT2D eigenvalue weighted by atomic mass is 10.2. The molecule has 0 saturated heterocycles. The van der Waals surface area contributed by atoms with Gasteiger partial charge in [0.2, 0.25) is 5.95 Å². The summed E-state index contributed by atoms with van der Waals surface area (Å²) in [7, 11) is 3.23. The van der Waals surface area contributed by atoms with Crippen molar-refractivity contribution in [3.63, 3.8) is 0 Å². The number of hydrogen-bond acceptors (Lipinski definition) is 6. The maximum absolute atomic E-state index is 5.27. The highest BCUT2D eigenvalue weighted by Gasteiger charge is 2.05. The van der Waals surface area contributed by atoms with E-state index in [0.717, 1.165) is 17.0 Å². The maximum atomic E-state index is 5.27. The minimum absolute atomic E-state index is 0.517. The topological polar surface area (TPSA) is 69.2 Å². The molecule has 20 heavy (non-hydrogen) atoms. The Labute approximate surface area is 118 Å². The fraction of sp³-hybridized carbons (Fsp3) is 0.357. The molecule has 2 rings (SSSR count). The van der Waals surface area contributed by atoms with Gasteiger partial charge in [-0.1, -0.05) is 6.07 Å². The van der Waals surface area contributed by atoms with Crippen molar-refractivity contribution >= 4 is 5.95 Å². The molecule has 1 aromatic heterocycles. The van der Waals surface area contributed by atoms with Gasteiger partial charge in [0.1, 0.15) is 0 Å². The zero-order chi connectivity index (χ0) is 14.5. The Hall–Kier alpha value is -2.37. The summed E-state index contributed by atoms with van der Waals surface area (Å²) >= 11 is 0. The van der Waals surface area contributed by atoms with Gasteiger partial charge >= 0.3 is 0 Å². The Morgan fingerprint density at radius 3 is 2.40 bits per heavy atom. The first-order chi connectivity index (χ1) is 9.63.